The first-order chi connectivity index (χ1) is 18.5. The van der Waals surface area contributed by atoms with Crippen LogP contribution in [-0.4, -0.2) is 71.6 Å². The summed E-state index contributed by atoms with van der Waals surface area (Å²) in [5.41, 5.74) is 6.28. The molecule has 0 radical (unpaired) electrons. The summed E-state index contributed by atoms with van der Waals surface area (Å²) in [4.78, 5) is 43.9. The quantitative estimate of drug-likeness (QED) is 0.570. The largest absolute Gasteiger partial charge is 0.496 e. The lowest BCUT2D eigenvalue weighted by Gasteiger charge is -2.51. The van der Waals surface area contributed by atoms with Crippen molar-refractivity contribution in [3.8, 4) is 5.75 Å². The highest BCUT2D eigenvalue weighted by atomic mass is 19.4. The Labute approximate surface area is 224 Å². The van der Waals surface area contributed by atoms with Crippen LogP contribution in [0.5, 0.6) is 5.75 Å². The van der Waals surface area contributed by atoms with Gasteiger partial charge in [-0.25, -0.2) is 4.79 Å². The van der Waals surface area contributed by atoms with Gasteiger partial charge >= 0.3 is 12.3 Å². The van der Waals surface area contributed by atoms with E-state index in [-0.39, 0.29) is 63.0 Å². The number of nitrogens with zero attached hydrogens (tertiary/aromatic N) is 3. The molecule has 2 aliphatic rings. The Kier molecular flexibility index (Phi) is 8.34. The van der Waals surface area contributed by atoms with E-state index in [2.05, 4.69) is 0 Å². The molecule has 9 nitrogen and oxygen atoms in total. The number of methoxy groups -OCH3 is 1. The molecule has 0 unspecified atom stereocenters. The number of alkyl halides is 3. The number of benzene rings is 2. The lowest BCUT2D eigenvalue weighted by atomic mass is 10.0. The topological polar surface area (TPSA) is 105 Å². The molecule has 2 aliphatic heterocycles. The van der Waals surface area contributed by atoms with E-state index in [1.54, 1.807) is 11.0 Å². The minimum atomic E-state index is -4.53. The van der Waals surface area contributed by atoms with Gasteiger partial charge in [0.1, 0.15) is 24.6 Å². The fourth-order valence-corrected chi connectivity index (χ4v) is 5.15. The third-order valence-corrected chi connectivity index (χ3v) is 6.91. The van der Waals surface area contributed by atoms with Gasteiger partial charge < -0.3 is 25.0 Å². The third-order valence-electron chi connectivity index (χ3n) is 6.91. The minimum absolute atomic E-state index is 0.0187. The molecule has 3 amide bonds. The van der Waals surface area contributed by atoms with Crippen molar-refractivity contribution in [2.24, 2.45) is 5.73 Å². The molecule has 2 saturated heterocycles. The molecule has 2 atom stereocenters. The maximum atomic E-state index is 13.5. The van der Waals surface area contributed by atoms with Crippen LogP contribution in [0.2, 0.25) is 0 Å². The maximum absolute atomic E-state index is 13.5. The Bertz CT molecular complexity index is 1240. The summed E-state index contributed by atoms with van der Waals surface area (Å²) < 4.78 is 50.5. The van der Waals surface area contributed by atoms with Gasteiger partial charge in [0.25, 0.3) is 0 Å². The van der Waals surface area contributed by atoms with Gasteiger partial charge in [0, 0.05) is 25.1 Å². The molecule has 4 rings (SSSR count). The highest BCUT2D eigenvalue weighted by Gasteiger charge is 2.49. The van der Waals surface area contributed by atoms with Gasteiger partial charge in [-0.15, -0.1) is 0 Å². The van der Waals surface area contributed by atoms with Crippen LogP contribution in [0.15, 0.2) is 42.5 Å². The van der Waals surface area contributed by atoms with Gasteiger partial charge in [-0.05, 0) is 43.7 Å². The van der Waals surface area contributed by atoms with Crippen molar-refractivity contribution in [1.29, 1.82) is 0 Å². The number of carbonyl (C=O) groups excluding carboxylic acids is 3. The summed E-state index contributed by atoms with van der Waals surface area (Å²) >= 11 is 0. The second kappa shape index (κ2) is 11.5. The van der Waals surface area contributed by atoms with E-state index in [1.807, 2.05) is 18.2 Å². The molecule has 0 saturated carbocycles. The molecule has 2 fully saturated rings. The summed E-state index contributed by atoms with van der Waals surface area (Å²) in [7, 11) is 1.53. The van der Waals surface area contributed by atoms with E-state index in [4.69, 9.17) is 15.2 Å². The summed E-state index contributed by atoms with van der Waals surface area (Å²) in [5, 5.41) is 0. The van der Waals surface area contributed by atoms with Crippen LogP contribution in [0.25, 0.3) is 0 Å². The van der Waals surface area contributed by atoms with E-state index >= 15 is 0 Å². The Morgan fingerprint density at radius 2 is 1.90 bits per heavy atom. The molecule has 2 aromatic rings. The number of hydrogen-bond donors (Lipinski definition) is 1. The molecule has 0 bridgehead atoms. The molecular weight excluding hydrogens is 517 g/mol. The van der Waals surface area contributed by atoms with Crippen molar-refractivity contribution in [3.05, 3.63) is 64.7 Å². The average molecular weight is 549 g/mol. The second-order valence-corrected chi connectivity index (χ2v) is 9.61. The van der Waals surface area contributed by atoms with Crippen LogP contribution >= 0.6 is 0 Å². The lowest BCUT2D eigenvalue weighted by molar-refractivity contribution is -0.168. The first-order valence-electron chi connectivity index (χ1n) is 12.6. The van der Waals surface area contributed by atoms with Gasteiger partial charge in [-0.1, -0.05) is 29.8 Å². The van der Waals surface area contributed by atoms with E-state index < -0.39 is 30.0 Å². The molecule has 12 heteroatoms. The summed E-state index contributed by atoms with van der Waals surface area (Å²) in [6.07, 6.45) is -5.95. The van der Waals surface area contributed by atoms with Gasteiger partial charge in [0.2, 0.25) is 11.8 Å². The average Bonchev–Trinajstić information content (AvgIpc) is 2.89. The highest BCUT2D eigenvalue weighted by molar-refractivity contribution is 5.90. The van der Waals surface area contributed by atoms with Gasteiger partial charge in [-0.2, -0.15) is 13.2 Å². The molecule has 39 heavy (non-hydrogen) atoms. The minimum Gasteiger partial charge on any atom is -0.496 e. The van der Waals surface area contributed by atoms with Crippen LogP contribution in [0.1, 0.15) is 35.1 Å². The van der Waals surface area contributed by atoms with Crippen molar-refractivity contribution in [2.45, 2.75) is 51.3 Å². The first-order valence-corrected chi connectivity index (χ1v) is 12.6. The summed E-state index contributed by atoms with van der Waals surface area (Å²) in [6, 6.07) is 9.84. The molecule has 2 aromatic carbocycles. The van der Waals surface area contributed by atoms with Crippen LogP contribution in [0.4, 0.5) is 18.0 Å². The fourth-order valence-electron chi connectivity index (χ4n) is 5.15. The van der Waals surface area contributed by atoms with Crippen molar-refractivity contribution in [2.75, 3.05) is 26.7 Å². The molecular formula is C27H31F3N4O5. The Morgan fingerprint density at radius 3 is 2.59 bits per heavy atom. The standard InChI is InChI=1S/C27H31F3N4O5/c1-17-11-18(13-20(12-17)27(28,29)30)16-39-26(37)33-10-8-24(35)34-21(7-9-31)25(36)32(15-23(33)34)14-19-5-3-4-6-22(19)38-2/h3-6,11-13,21,23H,7-10,14-16,31H2,1-2H3/t21-,23+/m0/s1. The number of amides is 3. The SMILES string of the molecule is COc1ccccc1CN1C[C@@H]2N(C(=O)OCc3cc(C)cc(C(F)(F)F)c3)CCC(=O)N2[C@@H](CCN)C1=O. The number of para-hydroxylation sites is 1. The molecule has 2 heterocycles. The van der Waals surface area contributed by atoms with Gasteiger partial charge in [-0.3, -0.25) is 14.5 Å². The smallest absolute Gasteiger partial charge is 0.416 e. The molecule has 210 valence electrons. The monoisotopic (exact) mass is 548 g/mol. The van der Waals surface area contributed by atoms with E-state index in [0.717, 1.165) is 17.7 Å². The number of ether oxygens (including phenoxy) is 2. The normalized spacial score (nSPS) is 19.7. The van der Waals surface area contributed by atoms with Gasteiger partial charge in [0.15, 0.2) is 0 Å². The van der Waals surface area contributed by atoms with E-state index in [0.29, 0.717) is 11.3 Å². The zero-order valence-electron chi connectivity index (χ0n) is 21.7. The van der Waals surface area contributed by atoms with Crippen molar-refractivity contribution >= 4 is 17.9 Å². The highest BCUT2D eigenvalue weighted by Crippen LogP contribution is 2.32. The third kappa shape index (κ3) is 6.11. The number of aryl methyl sites for hydroxylation is 1. The molecule has 2 N–H and O–H groups in total. The van der Waals surface area contributed by atoms with Crippen LogP contribution in [-0.2, 0) is 33.7 Å². The Hall–Kier alpha value is -3.80. The predicted octanol–water partition coefficient (Wildman–Crippen LogP) is 3.28. The van der Waals surface area contributed by atoms with Crippen LogP contribution < -0.4 is 10.5 Å². The summed E-state index contributed by atoms with van der Waals surface area (Å²) in [5.74, 6) is 0.0300. The molecule has 0 aromatic heterocycles. The Balaban J connectivity index is 1.56. The molecule has 0 spiro atoms. The number of hydrogen-bond acceptors (Lipinski definition) is 6. The zero-order valence-corrected chi connectivity index (χ0v) is 21.7. The fraction of sp³-hybridized carbons (Fsp3) is 0.444. The predicted molar refractivity (Wildman–Crippen MR) is 134 cm³/mol. The number of fused-ring (bicyclic) bond motifs is 1. The van der Waals surface area contributed by atoms with Crippen molar-refractivity contribution in [1.82, 2.24) is 14.7 Å². The first kappa shape index (κ1) is 28.2. The zero-order chi connectivity index (χ0) is 28.3. The van der Waals surface area contributed by atoms with Gasteiger partial charge in [0.05, 0.1) is 19.2 Å². The second-order valence-electron chi connectivity index (χ2n) is 9.61. The summed E-state index contributed by atoms with van der Waals surface area (Å²) in [6.45, 7) is 1.57. The Morgan fingerprint density at radius 1 is 1.15 bits per heavy atom. The molecule has 0 aliphatic carbocycles. The van der Waals surface area contributed by atoms with Crippen LogP contribution in [0, 0.1) is 6.92 Å². The number of halogens is 3. The number of piperazine rings is 1. The van der Waals surface area contributed by atoms with Crippen molar-refractivity contribution in [3.63, 3.8) is 0 Å². The number of nitrogens with two attached hydrogens (primary N) is 1. The number of rotatable bonds is 7. The number of carbonyl (C=O) groups is 3. The lowest BCUT2D eigenvalue weighted by Crippen LogP contribution is -2.71. The van der Waals surface area contributed by atoms with Crippen LogP contribution in [0.3, 0.4) is 0 Å². The van der Waals surface area contributed by atoms with E-state index in [1.165, 1.54) is 29.9 Å². The maximum Gasteiger partial charge on any atom is 0.416 e. The van der Waals surface area contributed by atoms with Crippen molar-refractivity contribution < 1.29 is 37.0 Å². The van der Waals surface area contributed by atoms with E-state index in [9.17, 15) is 27.6 Å².